The van der Waals surface area contributed by atoms with Crippen LogP contribution in [-0.2, 0) is 11.2 Å². The number of H-pyrrole nitrogens is 1. The monoisotopic (exact) mass is 449 g/mol. The van der Waals surface area contributed by atoms with Gasteiger partial charge in [0.1, 0.15) is 6.61 Å². The second-order valence-corrected chi connectivity index (χ2v) is 9.79. The SMILES string of the molecule is CC(C)CC1c2[nH]c3ccc(Cl)cc3c2CCN1C(=O)OCCN1CCC(CF)CC1. The number of aromatic nitrogens is 1. The molecule has 1 unspecified atom stereocenters. The van der Waals surface area contributed by atoms with Crippen molar-refractivity contribution in [1.82, 2.24) is 14.8 Å². The molecule has 1 saturated heterocycles. The molecule has 0 saturated carbocycles. The molecule has 2 aliphatic rings. The summed E-state index contributed by atoms with van der Waals surface area (Å²) in [5, 5.41) is 1.88. The van der Waals surface area contributed by atoms with Gasteiger partial charge in [-0.25, -0.2) is 4.79 Å². The maximum absolute atomic E-state index is 13.0. The van der Waals surface area contributed by atoms with E-state index >= 15 is 0 Å². The number of benzene rings is 1. The number of aromatic amines is 1. The van der Waals surface area contributed by atoms with Crippen LogP contribution in [0.3, 0.4) is 0 Å². The summed E-state index contributed by atoms with van der Waals surface area (Å²) in [5.41, 5.74) is 3.44. The fourth-order valence-electron chi connectivity index (χ4n) is 4.96. The van der Waals surface area contributed by atoms with Gasteiger partial charge >= 0.3 is 6.09 Å². The lowest BCUT2D eigenvalue weighted by Crippen LogP contribution is -2.42. The largest absolute Gasteiger partial charge is 0.448 e. The van der Waals surface area contributed by atoms with E-state index in [2.05, 4.69) is 23.7 Å². The molecule has 1 fully saturated rings. The Labute approximate surface area is 188 Å². The molecule has 0 spiro atoms. The van der Waals surface area contributed by atoms with Crippen molar-refractivity contribution in [3.05, 3.63) is 34.5 Å². The zero-order chi connectivity index (χ0) is 22.0. The zero-order valence-electron chi connectivity index (χ0n) is 18.5. The molecule has 0 bridgehead atoms. The molecule has 2 aromatic rings. The summed E-state index contributed by atoms with van der Waals surface area (Å²) in [6.07, 6.45) is 3.20. The number of nitrogens with zero attached hydrogens (tertiary/aromatic N) is 2. The van der Waals surface area contributed by atoms with Crippen molar-refractivity contribution < 1.29 is 13.9 Å². The van der Waals surface area contributed by atoms with Crippen LogP contribution in [0.5, 0.6) is 0 Å². The van der Waals surface area contributed by atoms with Crippen molar-refractivity contribution in [3.63, 3.8) is 0 Å². The molecule has 4 rings (SSSR count). The third kappa shape index (κ3) is 5.01. The molecular weight excluding hydrogens is 417 g/mol. The summed E-state index contributed by atoms with van der Waals surface area (Å²) < 4.78 is 18.5. The second-order valence-electron chi connectivity index (χ2n) is 9.35. The van der Waals surface area contributed by atoms with Crippen LogP contribution in [0, 0.1) is 11.8 Å². The zero-order valence-corrected chi connectivity index (χ0v) is 19.3. The first kappa shape index (κ1) is 22.4. The molecule has 7 heteroatoms. The van der Waals surface area contributed by atoms with Crippen LogP contribution >= 0.6 is 11.6 Å². The maximum Gasteiger partial charge on any atom is 0.410 e. The summed E-state index contributed by atoms with van der Waals surface area (Å²) >= 11 is 6.23. The Morgan fingerprint density at radius 2 is 2.06 bits per heavy atom. The average molecular weight is 450 g/mol. The smallest absolute Gasteiger partial charge is 0.410 e. The van der Waals surface area contributed by atoms with E-state index in [0.29, 0.717) is 25.6 Å². The first-order valence-corrected chi connectivity index (χ1v) is 11.9. The third-order valence-electron chi connectivity index (χ3n) is 6.70. The van der Waals surface area contributed by atoms with Gasteiger partial charge in [-0.1, -0.05) is 25.4 Å². The highest BCUT2D eigenvalue weighted by Crippen LogP contribution is 2.38. The van der Waals surface area contributed by atoms with Gasteiger partial charge in [-0.05, 0) is 74.4 Å². The molecule has 1 N–H and O–H groups in total. The molecule has 1 aromatic heterocycles. The topological polar surface area (TPSA) is 48.6 Å². The Morgan fingerprint density at radius 1 is 1.29 bits per heavy atom. The van der Waals surface area contributed by atoms with Crippen molar-refractivity contribution >= 4 is 28.6 Å². The first-order chi connectivity index (χ1) is 15.0. The minimum atomic E-state index is -0.244. The Balaban J connectivity index is 1.42. The van der Waals surface area contributed by atoms with Gasteiger partial charge < -0.3 is 9.72 Å². The molecule has 0 aliphatic carbocycles. The lowest BCUT2D eigenvalue weighted by Gasteiger charge is -2.36. The predicted molar refractivity (Wildman–Crippen MR) is 122 cm³/mol. The van der Waals surface area contributed by atoms with Crippen LogP contribution in [-0.4, -0.2) is 60.3 Å². The lowest BCUT2D eigenvalue weighted by atomic mass is 9.92. The Kier molecular flexibility index (Phi) is 7.07. The molecular formula is C24H33ClFN3O2. The van der Waals surface area contributed by atoms with E-state index in [4.69, 9.17) is 16.3 Å². The van der Waals surface area contributed by atoms with Gasteiger partial charge in [0.25, 0.3) is 0 Å². The van der Waals surface area contributed by atoms with Crippen molar-refractivity contribution in [2.75, 3.05) is 39.5 Å². The molecule has 2 aliphatic heterocycles. The van der Waals surface area contributed by atoms with E-state index in [-0.39, 0.29) is 24.7 Å². The number of carbonyl (C=O) groups is 1. The minimum absolute atomic E-state index is 0.0253. The van der Waals surface area contributed by atoms with Gasteiger partial charge in [0, 0.05) is 34.7 Å². The molecule has 5 nitrogen and oxygen atoms in total. The van der Waals surface area contributed by atoms with E-state index < -0.39 is 0 Å². The lowest BCUT2D eigenvalue weighted by molar-refractivity contribution is 0.0629. The number of alkyl halides is 1. The number of hydrogen-bond donors (Lipinski definition) is 1. The standard InChI is InChI=1S/C24H33ClFN3O2/c1-16(2)13-22-23-19(20-14-18(25)3-4-21(20)27-23)7-10-29(22)24(30)31-12-11-28-8-5-17(15-26)6-9-28/h3-4,14,16-17,22,27H,5-13,15H2,1-2H3. The van der Waals surface area contributed by atoms with Crippen molar-refractivity contribution in [1.29, 1.82) is 0 Å². The van der Waals surface area contributed by atoms with Crippen LogP contribution in [0.1, 0.15) is 50.4 Å². The first-order valence-electron chi connectivity index (χ1n) is 11.5. The molecule has 31 heavy (non-hydrogen) atoms. The van der Waals surface area contributed by atoms with Gasteiger partial charge in [0.15, 0.2) is 0 Å². The summed E-state index contributed by atoms with van der Waals surface area (Å²) in [6, 6.07) is 5.89. The molecule has 1 atom stereocenters. The van der Waals surface area contributed by atoms with E-state index in [9.17, 15) is 9.18 Å². The number of fused-ring (bicyclic) bond motifs is 3. The summed E-state index contributed by atoms with van der Waals surface area (Å²) in [4.78, 5) is 20.7. The average Bonchev–Trinajstić information content (AvgIpc) is 3.12. The summed E-state index contributed by atoms with van der Waals surface area (Å²) in [7, 11) is 0. The normalized spacial score (nSPS) is 20.4. The molecule has 170 valence electrons. The number of hydrogen-bond acceptors (Lipinski definition) is 3. The number of piperidine rings is 1. The van der Waals surface area contributed by atoms with Crippen LogP contribution in [0.2, 0.25) is 5.02 Å². The van der Waals surface area contributed by atoms with E-state index in [0.717, 1.165) is 60.4 Å². The van der Waals surface area contributed by atoms with Crippen LogP contribution in [0.4, 0.5) is 9.18 Å². The van der Waals surface area contributed by atoms with Gasteiger partial charge in [0.2, 0.25) is 0 Å². The van der Waals surface area contributed by atoms with Gasteiger partial charge in [-0.2, -0.15) is 0 Å². The minimum Gasteiger partial charge on any atom is -0.448 e. The van der Waals surface area contributed by atoms with Gasteiger partial charge in [0.05, 0.1) is 12.7 Å². The quantitative estimate of drug-likeness (QED) is 0.625. The van der Waals surface area contributed by atoms with E-state index in [1.165, 1.54) is 5.56 Å². The fourth-order valence-corrected chi connectivity index (χ4v) is 5.13. The Morgan fingerprint density at radius 3 is 2.77 bits per heavy atom. The van der Waals surface area contributed by atoms with Crippen molar-refractivity contribution in [2.24, 2.45) is 11.8 Å². The predicted octanol–water partition coefficient (Wildman–Crippen LogP) is 5.58. The third-order valence-corrected chi connectivity index (χ3v) is 6.94. The van der Waals surface area contributed by atoms with Crippen molar-refractivity contribution in [3.8, 4) is 0 Å². The highest BCUT2D eigenvalue weighted by Gasteiger charge is 2.34. The molecule has 3 heterocycles. The van der Waals surface area contributed by atoms with E-state index in [1.54, 1.807) is 0 Å². The number of carbonyl (C=O) groups excluding carboxylic acids is 1. The van der Waals surface area contributed by atoms with Crippen LogP contribution < -0.4 is 0 Å². The maximum atomic E-state index is 13.0. The van der Waals surface area contributed by atoms with Crippen LogP contribution in [0.25, 0.3) is 10.9 Å². The number of likely N-dealkylation sites (tertiary alicyclic amines) is 1. The Hall–Kier alpha value is -1.79. The van der Waals surface area contributed by atoms with Gasteiger partial charge in [-0.15, -0.1) is 0 Å². The highest BCUT2D eigenvalue weighted by molar-refractivity contribution is 6.31. The Bertz CT molecular complexity index is 908. The molecule has 0 radical (unpaired) electrons. The molecule has 1 amide bonds. The number of halogens is 2. The van der Waals surface area contributed by atoms with Gasteiger partial charge in [-0.3, -0.25) is 14.2 Å². The second kappa shape index (κ2) is 9.78. The highest BCUT2D eigenvalue weighted by atomic mass is 35.5. The van der Waals surface area contributed by atoms with Crippen LogP contribution in [0.15, 0.2) is 18.2 Å². The summed E-state index contributed by atoms with van der Waals surface area (Å²) in [6.45, 7) is 7.63. The summed E-state index contributed by atoms with van der Waals surface area (Å²) in [5.74, 6) is 0.641. The van der Waals surface area contributed by atoms with E-state index in [1.807, 2.05) is 23.1 Å². The number of amides is 1. The number of rotatable bonds is 6. The fraction of sp³-hybridized carbons (Fsp3) is 0.625. The molecule has 1 aromatic carbocycles. The number of ether oxygens (including phenoxy) is 1. The number of nitrogens with one attached hydrogen (secondary N) is 1. The van der Waals surface area contributed by atoms with Crippen molar-refractivity contribution in [2.45, 2.75) is 45.6 Å².